The smallest absolute Gasteiger partial charge is 0.331 e. The maximum Gasteiger partial charge on any atom is 0.331 e. The van der Waals surface area contributed by atoms with Gasteiger partial charge in [0.2, 0.25) is 0 Å². The molecule has 0 aliphatic carbocycles. The van der Waals surface area contributed by atoms with Crippen molar-refractivity contribution in [3.8, 4) is 0 Å². The minimum Gasteiger partial charge on any atom is -0.346 e. The van der Waals surface area contributed by atoms with Crippen LogP contribution >= 0.6 is 11.3 Å². The molecule has 0 aliphatic rings. The Balaban J connectivity index is 2.21. The van der Waals surface area contributed by atoms with E-state index < -0.39 is 17.2 Å². The minimum atomic E-state index is -0.528. The summed E-state index contributed by atoms with van der Waals surface area (Å²) < 4.78 is 2.12. The van der Waals surface area contributed by atoms with Gasteiger partial charge in [0.1, 0.15) is 5.69 Å². The van der Waals surface area contributed by atoms with E-state index in [9.17, 15) is 14.4 Å². The second kappa shape index (κ2) is 6.27. The summed E-state index contributed by atoms with van der Waals surface area (Å²) in [5, 5.41) is 3.75. The molecule has 0 aromatic carbocycles. The molecule has 0 fully saturated rings. The van der Waals surface area contributed by atoms with Crippen LogP contribution in [-0.4, -0.2) is 20.0 Å². The zero-order valence-electron chi connectivity index (χ0n) is 13.0. The average molecular weight is 322 g/mol. The molecule has 1 amide bonds. The SMILES string of the molecule is CCc1nc(C)c(CNC(=O)c2cc(=O)n(C)c(=O)n2C)s1. The van der Waals surface area contributed by atoms with Crippen LogP contribution in [0, 0.1) is 6.92 Å². The number of nitrogens with one attached hydrogen (secondary N) is 1. The van der Waals surface area contributed by atoms with Crippen LogP contribution in [0.15, 0.2) is 15.7 Å². The summed E-state index contributed by atoms with van der Waals surface area (Å²) in [4.78, 5) is 41.0. The van der Waals surface area contributed by atoms with Crippen molar-refractivity contribution >= 4 is 17.2 Å². The zero-order chi connectivity index (χ0) is 16.4. The Morgan fingerprint density at radius 2 is 2.00 bits per heavy atom. The fourth-order valence-corrected chi connectivity index (χ4v) is 2.95. The molecule has 8 heteroatoms. The van der Waals surface area contributed by atoms with Crippen molar-refractivity contribution in [2.24, 2.45) is 14.1 Å². The lowest BCUT2D eigenvalue weighted by molar-refractivity contribution is 0.0941. The van der Waals surface area contributed by atoms with Gasteiger partial charge in [0.25, 0.3) is 11.5 Å². The second-order valence-electron chi connectivity index (χ2n) is 4.92. The molecule has 0 bridgehead atoms. The molecule has 0 aliphatic heterocycles. The van der Waals surface area contributed by atoms with Crippen LogP contribution in [0.2, 0.25) is 0 Å². The molecule has 0 unspecified atom stereocenters. The summed E-state index contributed by atoms with van der Waals surface area (Å²) >= 11 is 1.55. The molecule has 0 atom stereocenters. The Morgan fingerprint density at radius 3 is 2.59 bits per heavy atom. The maximum atomic E-state index is 12.2. The number of amides is 1. The Morgan fingerprint density at radius 1 is 1.32 bits per heavy atom. The number of carbonyl (C=O) groups is 1. The molecule has 0 radical (unpaired) electrons. The Kier molecular flexibility index (Phi) is 4.60. The van der Waals surface area contributed by atoms with Gasteiger partial charge in [0.15, 0.2) is 0 Å². The Labute approximate surface area is 131 Å². The fourth-order valence-electron chi connectivity index (χ4n) is 2.01. The summed E-state index contributed by atoms with van der Waals surface area (Å²) in [6, 6.07) is 1.16. The van der Waals surface area contributed by atoms with E-state index in [2.05, 4.69) is 10.3 Å². The molecular weight excluding hydrogens is 304 g/mol. The monoisotopic (exact) mass is 322 g/mol. The van der Waals surface area contributed by atoms with Gasteiger partial charge in [-0.3, -0.25) is 18.7 Å². The van der Waals surface area contributed by atoms with Gasteiger partial charge in [-0.2, -0.15) is 0 Å². The molecule has 2 rings (SSSR count). The molecule has 0 saturated carbocycles. The van der Waals surface area contributed by atoms with Gasteiger partial charge in [-0.1, -0.05) is 6.92 Å². The van der Waals surface area contributed by atoms with Crippen LogP contribution in [0.5, 0.6) is 0 Å². The van der Waals surface area contributed by atoms with Gasteiger partial charge in [-0.25, -0.2) is 9.78 Å². The van der Waals surface area contributed by atoms with Gasteiger partial charge in [0.05, 0.1) is 17.2 Å². The number of hydrogen-bond acceptors (Lipinski definition) is 5. The first kappa shape index (κ1) is 16.2. The number of thiazole rings is 1. The lowest BCUT2D eigenvalue weighted by Gasteiger charge is -2.09. The number of rotatable bonds is 4. The highest BCUT2D eigenvalue weighted by Gasteiger charge is 2.14. The highest BCUT2D eigenvalue weighted by atomic mass is 32.1. The minimum absolute atomic E-state index is 0.0472. The predicted octanol–water partition coefficient (Wildman–Crippen LogP) is 0.341. The molecule has 22 heavy (non-hydrogen) atoms. The van der Waals surface area contributed by atoms with E-state index in [1.54, 1.807) is 11.3 Å². The van der Waals surface area contributed by atoms with E-state index in [4.69, 9.17) is 0 Å². The fraction of sp³-hybridized carbons (Fsp3) is 0.429. The summed E-state index contributed by atoms with van der Waals surface area (Å²) in [6.07, 6.45) is 0.850. The summed E-state index contributed by atoms with van der Waals surface area (Å²) in [5.41, 5.74) is -0.0959. The number of hydrogen-bond donors (Lipinski definition) is 1. The molecule has 2 heterocycles. The van der Waals surface area contributed by atoms with E-state index in [1.807, 2.05) is 13.8 Å². The zero-order valence-corrected chi connectivity index (χ0v) is 13.8. The highest BCUT2D eigenvalue weighted by Crippen LogP contribution is 2.18. The van der Waals surface area contributed by atoms with E-state index in [0.29, 0.717) is 6.54 Å². The van der Waals surface area contributed by atoms with Gasteiger partial charge >= 0.3 is 5.69 Å². The second-order valence-corrected chi connectivity index (χ2v) is 6.09. The van der Waals surface area contributed by atoms with Crippen LogP contribution < -0.4 is 16.6 Å². The quantitative estimate of drug-likeness (QED) is 0.879. The van der Waals surface area contributed by atoms with Crippen LogP contribution in [0.1, 0.15) is 33.0 Å². The molecule has 1 N–H and O–H groups in total. The summed E-state index contributed by atoms with van der Waals surface area (Å²) in [6.45, 7) is 4.24. The number of carbonyl (C=O) groups excluding carboxylic acids is 1. The van der Waals surface area contributed by atoms with Crippen molar-refractivity contribution in [1.82, 2.24) is 19.4 Å². The average Bonchev–Trinajstić information content (AvgIpc) is 2.86. The first-order valence-electron chi connectivity index (χ1n) is 6.85. The highest BCUT2D eigenvalue weighted by molar-refractivity contribution is 7.11. The van der Waals surface area contributed by atoms with E-state index in [1.165, 1.54) is 14.1 Å². The molecule has 2 aromatic heterocycles. The standard InChI is InChI=1S/C14H18N4O3S/c1-5-11-16-8(2)10(22-11)7-15-13(20)9-6-12(19)18(4)14(21)17(9)3/h6H,5,7H2,1-4H3,(H,15,20). The third-order valence-electron chi connectivity index (χ3n) is 3.41. The van der Waals surface area contributed by atoms with Crippen LogP contribution in [0.25, 0.3) is 0 Å². The number of nitrogens with zero attached hydrogens (tertiary/aromatic N) is 3. The molecule has 0 saturated heterocycles. The Hall–Kier alpha value is -2.22. The van der Waals surface area contributed by atoms with E-state index in [-0.39, 0.29) is 5.69 Å². The van der Waals surface area contributed by atoms with Gasteiger partial charge in [-0.15, -0.1) is 11.3 Å². The van der Waals surface area contributed by atoms with Gasteiger partial charge < -0.3 is 5.32 Å². The van der Waals surface area contributed by atoms with Crippen LogP contribution in [0.3, 0.4) is 0 Å². The first-order valence-corrected chi connectivity index (χ1v) is 7.67. The summed E-state index contributed by atoms with van der Waals surface area (Å²) in [5.74, 6) is -0.455. The van der Waals surface area contributed by atoms with Gasteiger partial charge in [-0.05, 0) is 13.3 Å². The molecule has 0 spiro atoms. The van der Waals surface area contributed by atoms with E-state index >= 15 is 0 Å². The van der Waals surface area contributed by atoms with Crippen LogP contribution in [-0.2, 0) is 27.1 Å². The summed E-state index contributed by atoms with van der Waals surface area (Å²) in [7, 11) is 2.84. The van der Waals surface area contributed by atoms with Crippen molar-refractivity contribution in [2.75, 3.05) is 0 Å². The van der Waals surface area contributed by atoms with Gasteiger partial charge in [0, 0.05) is 25.0 Å². The normalized spacial score (nSPS) is 10.7. The molecule has 118 valence electrons. The van der Waals surface area contributed by atoms with E-state index in [0.717, 1.165) is 37.2 Å². The number of aromatic nitrogens is 3. The maximum absolute atomic E-state index is 12.2. The lowest BCUT2D eigenvalue weighted by Crippen LogP contribution is -2.41. The predicted molar refractivity (Wildman–Crippen MR) is 84.3 cm³/mol. The van der Waals surface area contributed by atoms with Crippen LogP contribution in [0.4, 0.5) is 0 Å². The van der Waals surface area contributed by atoms with Crippen molar-refractivity contribution in [3.05, 3.63) is 48.2 Å². The third-order valence-corrected chi connectivity index (χ3v) is 4.71. The topological polar surface area (TPSA) is 86.0 Å². The Bertz CT molecular complexity index is 832. The van der Waals surface area contributed by atoms with Crippen molar-refractivity contribution in [3.63, 3.8) is 0 Å². The van der Waals surface area contributed by atoms with Crippen molar-refractivity contribution < 1.29 is 4.79 Å². The van der Waals surface area contributed by atoms with Crippen molar-refractivity contribution in [2.45, 2.75) is 26.8 Å². The molecular formula is C14H18N4O3S. The molecule has 7 nitrogen and oxygen atoms in total. The number of aryl methyl sites for hydroxylation is 2. The molecule has 2 aromatic rings. The largest absolute Gasteiger partial charge is 0.346 e. The first-order chi connectivity index (χ1) is 10.3. The third kappa shape index (κ3) is 3.01. The van der Waals surface area contributed by atoms with Crippen molar-refractivity contribution in [1.29, 1.82) is 0 Å². The lowest BCUT2D eigenvalue weighted by atomic mass is 10.3.